The lowest BCUT2D eigenvalue weighted by atomic mass is 10.1. The van der Waals surface area contributed by atoms with Crippen LogP contribution in [0.25, 0.3) is 11.3 Å². The molecule has 1 heterocycles. The smallest absolute Gasteiger partial charge is 0.131 e. The summed E-state index contributed by atoms with van der Waals surface area (Å²) in [6.45, 7) is 4.23. The van der Waals surface area contributed by atoms with Crippen molar-refractivity contribution in [2.45, 2.75) is 26.7 Å². The normalized spacial score (nSPS) is 10.8. The van der Waals surface area contributed by atoms with Gasteiger partial charge in [0.25, 0.3) is 0 Å². The number of nitrogens with two attached hydrogens (primary N) is 1. The number of hydrogen-bond donors (Lipinski definition) is 1. The van der Waals surface area contributed by atoms with E-state index in [-0.39, 0.29) is 0 Å². The third kappa shape index (κ3) is 2.18. The Morgan fingerprint density at radius 1 is 1.24 bits per heavy atom. The summed E-state index contributed by atoms with van der Waals surface area (Å²) in [6.07, 6.45) is 2.05. The van der Waals surface area contributed by atoms with Crippen molar-refractivity contribution < 1.29 is 0 Å². The summed E-state index contributed by atoms with van der Waals surface area (Å²) in [6, 6.07) is 8.32. The van der Waals surface area contributed by atoms with Crippen LogP contribution in [-0.4, -0.2) is 9.55 Å². The second kappa shape index (κ2) is 4.62. The molecule has 0 spiro atoms. The highest BCUT2D eigenvalue weighted by molar-refractivity contribution is 5.71. The van der Waals surface area contributed by atoms with Crippen molar-refractivity contribution in [2.24, 2.45) is 7.05 Å². The fourth-order valence-corrected chi connectivity index (χ4v) is 1.93. The molecule has 0 saturated heterocycles. The van der Waals surface area contributed by atoms with Crippen molar-refractivity contribution in [1.82, 2.24) is 9.55 Å². The van der Waals surface area contributed by atoms with Gasteiger partial charge in [-0.3, -0.25) is 0 Å². The van der Waals surface area contributed by atoms with Gasteiger partial charge in [-0.1, -0.05) is 36.8 Å². The van der Waals surface area contributed by atoms with E-state index in [1.807, 2.05) is 11.6 Å². The van der Waals surface area contributed by atoms with Crippen molar-refractivity contribution in [1.29, 1.82) is 0 Å². The van der Waals surface area contributed by atoms with Crippen LogP contribution in [0.3, 0.4) is 0 Å². The zero-order chi connectivity index (χ0) is 12.4. The minimum absolute atomic E-state index is 0.748. The topological polar surface area (TPSA) is 43.8 Å². The zero-order valence-corrected chi connectivity index (χ0v) is 10.7. The molecular weight excluding hydrogens is 210 g/mol. The summed E-state index contributed by atoms with van der Waals surface area (Å²) < 4.78 is 1.98. The van der Waals surface area contributed by atoms with Gasteiger partial charge in [-0.05, 0) is 13.3 Å². The molecule has 3 heteroatoms. The van der Waals surface area contributed by atoms with Crippen molar-refractivity contribution in [3.8, 4) is 11.3 Å². The van der Waals surface area contributed by atoms with Crippen LogP contribution in [0, 0.1) is 6.92 Å². The Morgan fingerprint density at radius 2 is 1.88 bits per heavy atom. The molecule has 17 heavy (non-hydrogen) atoms. The molecule has 1 aromatic carbocycles. The standard InChI is InChI=1S/C14H19N3/c1-4-5-12-16-13(14(15)17(12)3)11-8-6-10(2)7-9-11/h6-9H,4-5,15H2,1-3H3. The van der Waals surface area contributed by atoms with Crippen LogP contribution in [0.2, 0.25) is 0 Å². The van der Waals surface area contributed by atoms with Gasteiger partial charge in [-0.2, -0.15) is 0 Å². The van der Waals surface area contributed by atoms with Crippen LogP contribution in [-0.2, 0) is 13.5 Å². The molecular formula is C14H19N3. The molecule has 0 aliphatic rings. The highest BCUT2D eigenvalue weighted by Crippen LogP contribution is 2.26. The molecule has 2 rings (SSSR count). The first-order valence-corrected chi connectivity index (χ1v) is 6.01. The number of anilines is 1. The Labute approximate surface area is 102 Å². The molecule has 0 aliphatic carbocycles. The molecule has 3 nitrogen and oxygen atoms in total. The molecule has 0 atom stereocenters. The van der Waals surface area contributed by atoms with Crippen LogP contribution in [0.1, 0.15) is 24.7 Å². The van der Waals surface area contributed by atoms with Gasteiger partial charge in [0.2, 0.25) is 0 Å². The summed E-state index contributed by atoms with van der Waals surface area (Å²) in [5, 5.41) is 0. The van der Waals surface area contributed by atoms with E-state index in [1.165, 1.54) is 5.56 Å². The number of nitrogens with zero attached hydrogens (tertiary/aromatic N) is 2. The monoisotopic (exact) mass is 229 g/mol. The van der Waals surface area contributed by atoms with E-state index in [2.05, 4.69) is 43.1 Å². The lowest BCUT2D eigenvalue weighted by Crippen LogP contribution is -2.01. The number of aromatic nitrogens is 2. The minimum Gasteiger partial charge on any atom is -0.383 e. The number of imidazole rings is 1. The predicted molar refractivity (Wildman–Crippen MR) is 71.8 cm³/mol. The van der Waals surface area contributed by atoms with Gasteiger partial charge in [0.15, 0.2) is 0 Å². The van der Waals surface area contributed by atoms with E-state index in [4.69, 9.17) is 5.73 Å². The highest BCUT2D eigenvalue weighted by Gasteiger charge is 2.12. The maximum absolute atomic E-state index is 6.10. The van der Waals surface area contributed by atoms with Crippen molar-refractivity contribution in [3.05, 3.63) is 35.7 Å². The van der Waals surface area contributed by atoms with Gasteiger partial charge in [0.05, 0.1) is 0 Å². The maximum Gasteiger partial charge on any atom is 0.131 e. The molecule has 0 aliphatic heterocycles. The number of aryl methyl sites for hydroxylation is 2. The van der Waals surface area contributed by atoms with Gasteiger partial charge < -0.3 is 10.3 Å². The number of benzene rings is 1. The second-order valence-electron chi connectivity index (χ2n) is 4.44. The first kappa shape index (κ1) is 11.7. The molecule has 0 saturated carbocycles. The van der Waals surface area contributed by atoms with Gasteiger partial charge in [0, 0.05) is 19.0 Å². The van der Waals surface area contributed by atoms with E-state index in [0.717, 1.165) is 35.7 Å². The first-order valence-electron chi connectivity index (χ1n) is 6.01. The largest absolute Gasteiger partial charge is 0.383 e. The Bertz CT molecular complexity index is 509. The number of rotatable bonds is 3. The molecule has 2 N–H and O–H groups in total. The summed E-state index contributed by atoms with van der Waals surface area (Å²) in [7, 11) is 1.98. The average Bonchev–Trinajstić information content (AvgIpc) is 2.59. The molecule has 0 amide bonds. The van der Waals surface area contributed by atoms with Gasteiger partial charge in [0.1, 0.15) is 17.3 Å². The second-order valence-corrected chi connectivity index (χ2v) is 4.44. The van der Waals surface area contributed by atoms with Gasteiger partial charge in [-0.25, -0.2) is 4.98 Å². The SMILES string of the molecule is CCCc1nc(-c2ccc(C)cc2)c(N)n1C. The summed E-state index contributed by atoms with van der Waals surface area (Å²) in [5.41, 5.74) is 9.34. The number of hydrogen-bond acceptors (Lipinski definition) is 2. The zero-order valence-electron chi connectivity index (χ0n) is 10.7. The summed E-state index contributed by atoms with van der Waals surface area (Å²) >= 11 is 0. The Kier molecular flexibility index (Phi) is 3.18. The molecule has 2 aromatic rings. The molecule has 1 aromatic heterocycles. The van der Waals surface area contributed by atoms with Crippen LogP contribution >= 0.6 is 0 Å². The van der Waals surface area contributed by atoms with Crippen LogP contribution in [0.5, 0.6) is 0 Å². The third-order valence-electron chi connectivity index (χ3n) is 3.03. The molecule has 0 bridgehead atoms. The quantitative estimate of drug-likeness (QED) is 0.879. The summed E-state index contributed by atoms with van der Waals surface area (Å²) in [4.78, 5) is 4.64. The van der Waals surface area contributed by atoms with Gasteiger partial charge >= 0.3 is 0 Å². The van der Waals surface area contributed by atoms with Crippen molar-refractivity contribution >= 4 is 5.82 Å². The average molecular weight is 229 g/mol. The fourth-order valence-electron chi connectivity index (χ4n) is 1.93. The van der Waals surface area contributed by atoms with Crippen molar-refractivity contribution in [2.75, 3.05) is 5.73 Å². The van der Waals surface area contributed by atoms with Gasteiger partial charge in [-0.15, -0.1) is 0 Å². The molecule has 0 radical (unpaired) electrons. The fraction of sp³-hybridized carbons (Fsp3) is 0.357. The Hall–Kier alpha value is -1.77. The van der Waals surface area contributed by atoms with Crippen molar-refractivity contribution in [3.63, 3.8) is 0 Å². The summed E-state index contributed by atoms with van der Waals surface area (Å²) in [5.74, 6) is 1.80. The van der Waals surface area contributed by atoms with E-state index in [1.54, 1.807) is 0 Å². The van der Waals surface area contributed by atoms with Crippen LogP contribution in [0.15, 0.2) is 24.3 Å². The predicted octanol–water partition coefficient (Wildman–Crippen LogP) is 2.93. The lowest BCUT2D eigenvalue weighted by molar-refractivity contribution is 0.764. The lowest BCUT2D eigenvalue weighted by Gasteiger charge is -2.01. The molecule has 0 fully saturated rings. The first-order chi connectivity index (χ1) is 8.13. The highest BCUT2D eigenvalue weighted by atomic mass is 15.1. The van der Waals surface area contributed by atoms with E-state index in [0.29, 0.717) is 0 Å². The molecule has 90 valence electrons. The minimum atomic E-state index is 0.748. The third-order valence-corrected chi connectivity index (χ3v) is 3.03. The van der Waals surface area contributed by atoms with E-state index < -0.39 is 0 Å². The molecule has 0 unspecified atom stereocenters. The Balaban J connectivity index is 2.45. The van der Waals surface area contributed by atoms with E-state index >= 15 is 0 Å². The van der Waals surface area contributed by atoms with Crippen LogP contribution in [0.4, 0.5) is 5.82 Å². The number of nitrogen functional groups attached to an aromatic ring is 1. The Morgan fingerprint density at radius 3 is 2.47 bits per heavy atom. The van der Waals surface area contributed by atoms with E-state index in [9.17, 15) is 0 Å². The van der Waals surface area contributed by atoms with Crippen LogP contribution < -0.4 is 5.73 Å². The maximum atomic E-state index is 6.10.